The van der Waals surface area contributed by atoms with Gasteiger partial charge in [0.2, 0.25) is 17.7 Å². The van der Waals surface area contributed by atoms with Gasteiger partial charge in [0.1, 0.15) is 6.04 Å². The van der Waals surface area contributed by atoms with Crippen LogP contribution in [0.5, 0.6) is 0 Å². The average molecular weight is 378 g/mol. The number of anilines is 1. The third-order valence-electron chi connectivity index (χ3n) is 3.70. The molecule has 0 spiro atoms. The van der Waals surface area contributed by atoms with Crippen molar-refractivity contribution in [2.75, 3.05) is 11.9 Å². The minimum Gasteiger partial charge on any atom is -0.481 e. The van der Waals surface area contributed by atoms with Crippen molar-refractivity contribution in [1.29, 1.82) is 0 Å². The third-order valence-corrected chi connectivity index (χ3v) is 3.70. The van der Waals surface area contributed by atoms with Gasteiger partial charge in [0.05, 0.1) is 19.0 Å². The molecule has 2 atom stereocenters. The van der Waals surface area contributed by atoms with Crippen LogP contribution in [0.4, 0.5) is 5.69 Å². The summed E-state index contributed by atoms with van der Waals surface area (Å²) >= 11 is 0. The Hall–Kier alpha value is -2.94. The molecule has 0 radical (unpaired) electrons. The van der Waals surface area contributed by atoms with E-state index in [2.05, 4.69) is 16.0 Å². The first-order chi connectivity index (χ1) is 12.8. The lowest BCUT2D eigenvalue weighted by Crippen LogP contribution is -2.53. The fraction of sp³-hybridized carbons (Fsp3) is 0.444. The molecule has 0 aliphatic heterocycles. The number of hydrogen-bond acceptors (Lipinski definition) is 5. The molecule has 0 saturated heterocycles. The number of amides is 3. The van der Waals surface area contributed by atoms with Gasteiger partial charge in [-0.25, -0.2) is 0 Å². The van der Waals surface area contributed by atoms with Gasteiger partial charge in [0, 0.05) is 5.69 Å². The molecule has 9 nitrogen and oxygen atoms in total. The van der Waals surface area contributed by atoms with E-state index in [1.54, 1.807) is 30.3 Å². The maximum absolute atomic E-state index is 12.2. The van der Waals surface area contributed by atoms with E-state index in [9.17, 15) is 19.2 Å². The number of carboxylic acid groups (broad SMARTS) is 1. The van der Waals surface area contributed by atoms with E-state index in [0.717, 1.165) is 12.8 Å². The standard InChI is InChI=1S/C18H26N4O5/c1-2-3-9-13(19)17(26)22-14(10-16(24)25)18(27)20-11-15(23)21-12-7-5-4-6-8-12/h4-8,13-14H,2-3,9-11,19H2,1H3,(H,20,27)(H,21,23)(H,22,26)(H,24,25)/t13-,14-/m0/s1. The summed E-state index contributed by atoms with van der Waals surface area (Å²) in [4.78, 5) is 47.1. The summed E-state index contributed by atoms with van der Waals surface area (Å²) in [6.07, 6.45) is 1.42. The molecule has 1 aromatic carbocycles. The van der Waals surface area contributed by atoms with Crippen LogP contribution in [0.1, 0.15) is 32.6 Å². The van der Waals surface area contributed by atoms with Crippen LogP contribution in [0.15, 0.2) is 30.3 Å². The van der Waals surface area contributed by atoms with Crippen LogP contribution in [0.3, 0.4) is 0 Å². The highest BCUT2D eigenvalue weighted by molar-refractivity contribution is 5.97. The van der Waals surface area contributed by atoms with Crippen LogP contribution in [0.25, 0.3) is 0 Å². The first-order valence-electron chi connectivity index (χ1n) is 8.73. The number of benzene rings is 1. The number of unbranched alkanes of at least 4 members (excludes halogenated alkanes) is 1. The Morgan fingerprint density at radius 3 is 2.37 bits per heavy atom. The minimum atomic E-state index is -1.31. The number of para-hydroxylation sites is 1. The smallest absolute Gasteiger partial charge is 0.305 e. The molecule has 0 unspecified atom stereocenters. The summed E-state index contributed by atoms with van der Waals surface area (Å²) in [6.45, 7) is 1.59. The quantitative estimate of drug-likeness (QED) is 0.371. The second-order valence-electron chi connectivity index (χ2n) is 6.04. The Kier molecular flexibility index (Phi) is 9.52. The van der Waals surface area contributed by atoms with Crippen molar-refractivity contribution < 1.29 is 24.3 Å². The Bertz CT molecular complexity index is 650. The molecular weight excluding hydrogens is 352 g/mol. The van der Waals surface area contributed by atoms with E-state index >= 15 is 0 Å². The Morgan fingerprint density at radius 2 is 1.78 bits per heavy atom. The van der Waals surface area contributed by atoms with Crippen LogP contribution < -0.4 is 21.7 Å². The number of nitrogens with one attached hydrogen (secondary N) is 3. The molecule has 0 saturated carbocycles. The SMILES string of the molecule is CCCC[C@H](N)C(=O)N[C@@H](CC(=O)O)C(=O)NCC(=O)Nc1ccccc1. The molecule has 0 aliphatic carbocycles. The van der Waals surface area contributed by atoms with Crippen LogP contribution in [-0.2, 0) is 19.2 Å². The van der Waals surface area contributed by atoms with Gasteiger partial charge < -0.3 is 26.8 Å². The summed E-state index contributed by atoms with van der Waals surface area (Å²) < 4.78 is 0. The number of aliphatic carboxylic acids is 1. The molecule has 9 heteroatoms. The van der Waals surface area contributed by atoms with Crippen LogP contribution in [-0.4, -0.2) is 47.4 Å². The predicted octanol–water partition coefficient (Wildman–Crippen LogP) is 0.218. The number of carbonyl (C=O) groups is 4. The molecule has 3 amide bonds. The third kappa shape index (κ3) is 8.82. The van der Waals surface area contributed by atoms with Gasteiger partial charge in [-0.1, -0.05) is 38.0 Å². The zero-order chi connectivity index (χ0) is 20.2. The van der Waals surface area contributed by atoms with E-state index in [1.165, 1.54) is 0 Å². The molecule has 6 N–H and O–H groups in total. The molecule has 0 aliphatic rings. The van der Waals surface area contributed by atoms with Crippen molar-refractivity contribution >= 4 is 29.4 Å². The van der Waals surface area contributed by atoms with E-state index < -0.39 is 42.2 Å². The monoisotopic (exact) mass is 378 g/mol. The normalized spacial score (nSPS) is 12.5. The van der Waals surface area contributed by atoms with Crippen LogP contribution in [0.2, 0.25) is 0 Å². The van der Waals surface area contributed by atoms with Crippen molar-refractivity contribution in [1.82, 2.24) is 10.6 Å². The van der Waals surface area contributed by atoms with Gasteiger partial charge >= 0.3 is 5.97 Å². The number of carboxylic acids is 1. The predicted molar refractivity (Wildman–Crippen MR) is 99.8 cm³/mol. The van der Waals surface area contributed by atoms with E-state index in [0.29, 0.717) is 12.1 Å². The van der Waals surface area contributed by atoms with Gasteiger partial charge in [-0.3, -0.25) is 19.2 Å². The van der Waals surface area contributed by atoms with Gasteiger partial charge in [-0.05, 0) is 18.6 Å². The fourth-order valence-corrected chi connectivity index (χ4v) is 2.24. The molecule has 0 fully saturated rings. The fourth-order valence-electron chi connectivity index (χ4n) is 2.24. The average Bonchev–Trinajstić information content (AvgIpc) is 2.63. The summed E-state index contributed by atoms with van der Waals surface area (Å²) in [5.41, 5.74) is 6.30. The van der Waals surface area contributed by atoms with Crippen molar-refractivity contribution in [2.24, 2.45) is 5.73 Å². The first-order valence-corrected chi connectivity index (χ1v) is 8.73. The highest BCUT2D eigenvalue weighted by Gasteiger charge is 2.26. The van der Waals surface area contributed by atoms with E-state index in [4.69, 9.17) is 10.8 Å². The van der Waals surface area contributed by atoms with E-state index in [1.807, 2.05) is 6.92 Å². The molecule has 0 heterocycles. The Labute approximate surface area is 157 Å². The van der Waals surface area contributed by atoms with Crippen LogP contribution in [0, 0.1) is 0 Å². The van der Waals surface area contributed by atoms with E-state index in [-0.39, 0.29) is 6.54 Å². The lowest BCUT2D eigenvalue weighted by atomic mass is 10.1. The zero-order valence-electron chi connectivity index (χ0n) is 15.2. The van der Waals surface area contributed by atoms with Crippen molar-refractivity contribution in [3.05, 3.63) is 30.3 Å². The summed E-state index contributed by atoms with van der Waals surface area (Å²) in [6, 6.07) is 6.52. The van der Waals surface area contributed by atoms with Crippen molar-refractivity contribution in [2.45, 2.75) is 44.7 Å². The summed E-state index contributed by atoms with van der Waals surface area (Å²) in [5, 5.41) is 16.2. The Morgan fingerprint density at radius 1 is 1.11 bits per heavy atom. The first kappa shape index (κ1) is 22.1. The molecule has 1 rings (SSSR count). The largest absolute Gasteiger partial charge is 0.481 e. The Balaban J connectivity index is 2.57. The highest BCUT2D eigenvalue weighted by Crippen LogP contribution is 2.04. The number of carbonyl (C=O) groups excluding carboxylic acids is 3. The molecule has 1 aromatic rings. The number of rotatable bonds is 11. The van der Waals surface area contributed by atoms with Crippen molar-refractivity contribution in [3.63, 3.8) is 0 Å². The minimum absolute atomic E-state index is 0.360. The number of hydrogen-bond donors (Lipinski definition) is 5. The number of nitrogens with two attached hydrogens (primary N) is 1. The lowest BCUT2D eigenvalue weighted by molar-refractivity contribution is -0.140. The molecular formula is C18H26N4O5. The van der Waals surface area contributed by atoms with Crippen molar-refractivity contribution in [3.8, 4) is 0 Å². The second kappa shape index (κ2) is 11.6. The molecule has 148 valence electrons. The van der Waals surface area contributed by atoms with Gasteiger partial charge in [-0.2, -0.15) is 0 Å². The zero-order valence-corrected chi connectivity index (χ0v) is 15.2. The lowest BCUT2D eigenvalue weighted by Gasteiger charge is -2.19. The van der Waals surface area contributed by atoms with Gasteiger partial charge in [-0.15, -0.1) is 0 Å². The van der Waals surface area contributed by atoms with Gasteiger partial charge in [0.15, 0.2) is 0 Å². The molecule has 0 aromatic heterocycles. The van der Waals surface area contributed by atoms with Crippen LogP contribution >= 0.6 is 0 Å². The second-order valence-corrected chi connectivity index (χ2v) is 6.04. The maximum atomic E-state index is 12.2. The maximum Gasteiger partial charge on any atom is 0.305 e. The molecule has 0 bridgehead atoms. The topological polar surface area (TPSA) is 151 Å². The van der Waals surface area contributed by atoms with Gasteiger partial charge in [0.25, 0.3) is 0 Å². The summed E-state index contributed by atoms with van der Waals surface area (Å²) in [5.74, 6) is -3.10. The highest BCUT2D eigenvalue weighted by atomic mass is 16.4. The summed E-state index contributed by atoms with van der Waals surface area (Å²) in [7, 11) is 0. The molecule has 27 heavy (non-hydrogen) atoms.